The molecule has 1 nitrogen and oxygen atoms in total. The van der Waals surface area contributed by atoms with Crippen molar-refractivity contribution in [2.45, 2.75) is 6.92 Å². The lowest BCUT2D eigenvalue weighted by molar-refractivity contribution is 1.41. The van der Waals surface area contributed by atoms with E-state index in [0.717, 1.165) is 10.6 Å². The third kappa shape index (κ3) is 2.70. The Morgan fingerprint density at radius 3 is 2.53 bits per heavy atom. The zero-order valence-corrected chi connectivity index (χ0v) is 13.1. The molecule has 0 saturated heterocycles. The highest BCUT2D eigenvalue weighted by Crippen LogP contribution is 2.38. The summed E-state index contributed by atoms with van der Waals surface area (Å²) >= 11 is 15.5. The molecule has 0 aliphatic rings. The molecule has 0 saturated carbocycles. The third-order valence-corrected chi connectivity index (χ3v) is 5.43. The van der Waals surface area contributed by atoms with E-state index in [-0.39, 0.29) is 0 Å². The summed E-state index contributed by atoms with van der Waals surface area (Å²) in [6, 6.07) is 9.73. The minimum absolute atomic E-state index is 0.635. The Kier molecular flexibility index (Phi) is 3.63. The first kappa shape index (κ1) is 13.1. The van der Waals surface area contributed by atoms with E-state index >= 15 is 0 Å². The normalized spacial score (nSPS) is 10.9. The first-order chi connectivity index (χ1) is 9.13. The van der Waals surface area contributed by atoms with Crippen LogP contribution in [0, 0.1) is 6.92 Å². The molecule has 0 bridgehead atoms. The highest BCUT2D eigenvalue weighted by molar-refractivity contribution is 7.23. The van der Waals surface area contributed by atoms with Gasteiger partial charge in [0.25, 0.3) is 0 Å². The molecule has 19 heavy (non-hydrogen) atoms. The second-order valence-corrected chi connectivity index (χ2v) is 7.23. The largest absolute Gasteiger partial charge is 0.244 e. The van der Waals surface area contributed by atoms with E-state index in [2.05, 4.69) is 24.0 Å². The molecular formula is C14H9Cl2NS2. The minimum Gasteiger partial charge on any atom is -0.244 e. The van der Waals surface area contributed by atoms with Crippen molar-refractivity contribution in [1.29, 1.82) is 0 Å². The highest BCUT2D eigenvalue weighted by Gasteiger charge is 2.11. The lowest BCUT2D eigenvalue weighted by atomic mass is 10.2. The van der Waals surface area contributed by atoms with Gasteiger partial charge in [-0.1, -0.05) is 23.2 Å². The minimum atomic E-state index is 0.635. The van der Waals surface area contributed by atoms with Gasteiger partial charge in [-0.25, -0.2) is 4.98 Å². The van der Waals surface area contributed by atoms with E-state index in [1.54, 1.807) is 28.7 Å². The van der Waals surface area contributed by atoms with Crippen molar-refractivity contribution >= 4 is 45.9 Å². The number of rotatable bonds is 2. The van der Waals surface area contributed by atoms with Crippen LogP contribution in [0.4, 0.5) is 0 Å². The number of thiazole rings is 1. The molecular weight excluding hydrogens is 317 g/mol. The smallest absolute Gasteiger partial charge is 0.125 e. The maximum absolute atomic E-state index is 6.21. The standard InChI is InChI=1S/C14H9Cl2NS2/c1-8-2-5-12(18-8)13-7-17-14(19-13)10-4-3-9(15)6-11(10)16/h2-7H,1H3. The molecule has 0 amide bonds. The molecule has 0 aliphatic carbocycles. The van der Waals surface area contributed by atoms with Crippen LogP contribution in [0.2, 0.25) is 10.0 Å². The average Bonchev–Trinajstić information content (AvgIpc) is 2.97. The first-order valence-corrected chi connectivity index (χ1v) is 8.00. The molecule has 3 rings (SSSR count). The number of aryl methyl sites for hydroxylation is 1. The van der Waals surface area contributed by atoms with Crippen LogP contribution in [-0.2, 0) is 0 Å². The number of thiophene rings is 1. The molecule has 0 unspecified atom stereocenters. The zero-order chi connectivity index (χ0) is 13.4. The summed E-state index contributed by atoms with van der Waals surface area (Å²) in [5.74, 6) is 0. The summed E-state index contributed by atoms with van der Waals surface area (Å²) in [7, 11) is 0. The molecule has 0 N–H and O–H groups in total. The van der Waals surface area contributed by atoms with Gasteiger partial charge in [0.2, 0.25) is 0 Å². The Labute approximate surface area is 129 Å². The molecule has 5 heteroatoms. The lowest BCUT2D eigenvalue weighted by Crippen LogP contribution is -1.77. The maximum atomic E-state index is 6.21. The van der Waals surface area contributed by atoms with Gasteiger partial charge in [-0.05, 0) is 37.3 Å². The van der Waals surface area contributed by atoms with Crippen molar-refractivity contribution in [1.82, 2.24) is 4.98 Å². The topological polar surface area (TPSA) is 12.9 Å². The highest BCUT2D eigenvalue weighted by atomic mass is 35.5. The van der Waals surface area contributed by atoms with E-state index in [1.807, 2.05) is 18.3 Å². The van der Waals surface area contributed by atoms with Gasteiger partial charge in [-0.3, -0.25) is 0 Å². The predicted octanol–water partition coefficient (Wildman–Crippen LogP) is 6.15. The number of hydrogen-bond donors (Lipinski definition) is 0. The SMILES string of the molecule is Cc1ccc(-c2cnc(-c3ccc(Cl)cc3Cl)s2)s1. The molecule has 0 atom stereocenters. The number of aromatic nitrogens is 1. The summed E-state index contributed by atoms with van der Waals surface area (Å²) in [6.45, 7) is 2.10. The lowest BCUT2D eigenvalue weighted by Gasteiger charge is -2.00. The van der Waals surface area contributed by atoms with E-state index in [4.69, 9.17) is 23.2 Å². The number of halogens is 2. The van der Waals surface area contributed by atoms with E-state index in [1.165, 1.54) is 14.6 Å². The van der Waals surface area contributed by atoms with Gasteiger partial charge in [0.05, 0.1) is 9.90 Å². The average molecular weight is 326 g/mol. The second-order valence-electron chi connectivity index (χ2n) is 4.06. The fourth-order valence-electron chi connectivity index (χ4n) is 1.74. The van der Waals surface area contributed by atoms with Gasteiger partial charge in [-0.2, -0.15) is 0 Å². The van der Waals surface area contributed by atoms with E-state index in [0.29, 0.717) is 10.0 Å². The maximum Gasteiger partial charge on any atom is 0.125 e. The molecule has 0 fully saturated rings. The Morgan fingerprint density at radius 2 is 1.84 bits per heavy atom. The Hall–Kier alpha value is -0.870. The van der Waals surface area contributed by atoms with Gasteiger partial charge in [0.1, 0.15) is 5.01 Å². The van der Waals surface area contributed by atoms with Crippen LogP contribution in [0.3, 0.4) is 0 Å². The molecule has 2 aromatic heterocycles. The van der Waals surface area contributed by atoms with Crippen LogP contribution < -0.4 is 0 Å². The van der Waals surface area contributed by atoms with Crippen molar-refractivity contribution in [2.24, 2.45) is 0 Å². The molecule has 96 valence electrons. The first-order valence-electron chi connectivity index (χ1n) is 5.61. The van der Waals surface area contributed by atoms with Gasteiger partial charge in [0, 0.05) is 26.5 Å². The van der Waals surface area contributed by atoms with Crippen LogP contribution in [0.5, 0.6) is 0 Å². The predicted molar refractivity (Wildman–Crippen MR) is 85.6 cm³/mol. The summed E-state index contributed by atoms with van der Waals surface area (Å²) in [5, 5.41) is 2.19. The van der Waals surface area contributed by atoms with Gasteiger partial charge >= 0.3 is 0 Å². The third-order valence-electron chi connectivity index (χ3n) is 2.65. The van der Waals surface area contributed by atoms with Crippen LogP contribution >= 0.6 is 45.9 Å². The van der Waals surface area contributed by atoms with Crippen LogP contribution in [0.25, 0.3) is 20.3 Å². The monoisotopic (exact) mass is 325 g/mol. The molecule has 0 spiro atoms. The Balaban J connectivity index is 2.01. The van der Waals surface area contributed by atoms with Gasteiger partial charge in [0.15, 0.2) is 0 Å². The number of hydrogen-bond acceptors (Lipinski definition) is 3. The molecule has 0 radical (unpaired) electrons. The summed E-state index contributed by atoms with van der Waals surface area (Å²) in [5.41, 5.74) is 0.926. The number of benzene rings is 1. The summed E-state index contributed by atoms with van der Waals surface area (Å²) < 4.78 is 0. The zero-order valence-electron chi connectivity index (χ0n) is 9.98. The molecule has 1 aromatic carbocycles. The van der Waals surface area contributed by atoms with E-state index < -0.39 is 0 Å². The van der Waals surface area contributed by atoms with Crippen LogP contribution in [0.1, 0.15) is 4.88 Å². The van der Waals surface area contributed by atoms with Gasteiger partial charge < -0.3 is 0 Å². The Bertz CT molecular complexity index is 731. The fraction of sp³-hybridized carbons (Fsp3) is 0.0714. The van der Waals surface area contributed by atoms with Crippen molar-refractivity contribution < 1.29 is 0 Å². The van der Waals surface area contributed by atoms with Crippen molar-refractivity contribution in [3.05, 3.63) is 51.5 Å². The molecule has 2 heterocycles. The molecule has 0 aliphatic heterocycles. The second kappa shape index (κ2) is 5.25. The van der Waals surface area contributed by atoms with Crippen LogP contribution in [0.15, 0.2) is 36.5 Å². The van der Waals surface area contributed by atoms with Gasteiger partial charge in [-0.15, -0.1) is 22.7 Å². The van der Waals surface area contributed by atoms with Crippen molar-refractivity contribution in [2.75, 3.05) is 0 Å². The summed E-state index contributed by atoms with van der Waals surface area (Å²) in [4.78, 5) is 8.17. The van der Waals surface area contributed by atoms with Crippen LogP contribution in [-0.4, -0.2) is 4.98 Å². The van der Waals surface area contributed by atoms with Crippen molar-refractivity contribution in [3.8, 4) is 20.3 Å². The number of nitrogens with zero attached hydrogens (tertiary/aromatic N) is 1. The Morgan fingerprint density at radius 1 is 1.00 bits per heavy atom. The fourth-order valence-corrected chi connectivity index (χ4v) is 4.19. The van der Waals surface area contributed by atoms with E-state index in [9.17, 15) is 0 Å². The molecule has 3 aromatic rings. The quantitative estimate of drug-likeness (QED) is 0.550. The van der Waals surface area contributed by atoms with Crippen molar-refractivity contribution in [3.63, 3.8) is 0 Å². The summed E-state index contributed by atoms with van der Waals surface area (Å²) in [6.07, 6.45) is 1.90.